The average Bonchev–Trinajstić information content (AvgIpc) is 3.06. The number of rotatable bonds is 8. The van der Waals surface area contributed by atoms with E-state index in [1.54, 1.807) is 0 Å². The van der Waals surface area contributed by atoms with Crippen molar-refractivity contribution in [3.8, 4) is 5.75 Å². The van der Waals surface area contributed by atoms with E-state index in [0.717, 1.165) is 31.7 Å². The number of halogens is 1. The van der Waals surface area contributed by atoms with Crippen LogP contribution in [0.15, 0.2) is 24.3 Å². The van der Waals surface area contributed by atoms with Crippen molar-refractivity contribution >= 4 is 18.3 Å². The van der Waals surface area contributed by atoms with Gasteiger partial charge in [-0.25, -0.2) is 0 Å². The van der Waals surface area contributed by atoms with E-state index in [1.165, 1.54) is 38.5 Å². The first-order valence-electron chi connectivity index (χ1n) is 10.2. The summed E-state index contributed by atoms with van der Waals surface area (Å²) in [4.78, 5) is 12.3. The van der Waals surface area contributed by atoms with Gasteiger partial charge in [0.05, 0.1) is 6.10 Å². The number of benzene rings is 1. The zero-order chi connectivity index (χ0) is 18.0. The smallest absolute Gasteiger partial charge is 0.251 e. The van der Waals surface area contributed by atoms with Gasteiger partial charge < -0.3 is 20.1 Å². The van der Waals surface area contributed by atoms with E-state index in [2.05, 4.69) is 10.6 Å². The van der Waals surface area contributed by atoms with Gasteiger partial charge in [-0.2, -0.15) is 0 Å². The van der Waals surface area contributed by atoms with E-state index in [0.29, 0.717) is 24.8 Å². The van der Waals surface area contributed by atoms with Gasteiger partial charge in [0.1, 0.15) is 12.4 Å². The molecule has 0 aromatic heterocycles. The van der Waals surface area contributed by atoms with Gasteiger partial charge >= 0.3 is 0 Å². The van der Waals surface area contributed by atoms with Crippen LogP contribution in [0, 0.1) is 0 Å². The molecule has 1 heterocycles. The van der Waals surface area contributed by atoms with Crippen molar-refractivity contribution in [3.05, 3.63) is 29.8 Å². The van der Waals surface area contributed by atoms with Gasteiger partial charge in [-0.3, -0.25) is 4.79 Å². The van der Waals surface area contributed by atoms with E-state index in [-0.39, 0.29) is 24.4 Å². The predicted molar refractivity (Wildman–Crippen MR) is 110 cm³/mol. The summed E-state index contributed by atoms with van der Waals surface area (Å²) in [5.41, 5.74) is 0.643. The van der Waals surface area contributed by atoms with Crippen LogP contribution in [-0.2, 0) is 4.74 Å². The molecule has 1 unspecified atom stereocenters. The molecule has 27 heavy (non-hydrogen) atoms. The molecular weight excluding hydrogens is 364 g/mol. The maximum atomic E-state index is 12.3. The summed E-state index contributed by atoms with van der Waals surface area (Å²) >= 11 is 0. The Bertz CT molecular complexity index is 556. The quantitative estimate of drug-likeness (QED) is 0.519. The van der Waals surface area contributed by atoms with Crippen molar-refractivity contribution in [1.82, 2.24) is 10.6 Å². The molecule has 3 rings (SSSR count). The first-order valence-corrected chi connectivity index (χ1v) is 10.2. The maximum absolute atomic E-state index is 12.3. The zero-order valence-corrected chi connectivity index (χ0v) is 16.9. The molecule has 0 radical (unpaired) electrons. The molecule has 5 nitrogen and oxygen atoms in total. The largest absolute Gasteiger partial charge is 0.491 e. The monoisotopic (exact) mass is 396 g/mol. The number of ether oxygens (including phenoxy) is 2. The Labute approximate surface area is 169 Å². The molecule has 1 aliphatic carbocycles. The minimum Gasteiger partial charge on any atom is -0.491 e. The first kappa shape index (κ1) is 22.0. The third-order valence-corrected chi connectivity index (χ3v) is 5.25. The number of nitrogens with one attached hydrogen (secondary N) is 2. The molecule has 1 amide bonds. The van der Waals surface area contributed by atoms with Crippen LogP contribution in [-0.4, -0.2) is 44.4 Å². The van der Waals surface area contributed by atoms with Gasteiger partial charge in [-0.1, -0.05) is 31.7 Å². The van der Waals surface area contributed by atoms with Crippen LogP contribution in [0.5, 0.6) is 5.75 Å². The van der Waals surface area contributed by atoms with E-state index in [9.17, 15) is 4.79 Å². The number of carbonyl (C=O) groups is 1. The Balaban J connectivity index is 0.00000261. The van der Waals surface area contributed by atoms with Gasteiger partial charge in [-0.15, -0.1) is 12.4 Å². The van der Waals surface area contributed by atoms with Crippen molar-refractivity contribution in [1.29, 1.82) is 0 Å². The Morgan fingerprint density at radius 3 is 2.63 bits per heavy atom. The average molecular weight is 397 g/mol. The highest BCUT2D eigenvalue weighted by Crippen LogP contribution is 2.18. The maximum Gasteiger partial charge on any atom is 0.251 e. The summed E-state index contributed by atoms with van der Waals surface area (Å²) in [5.74, 6) is 0.681. The van der Waals surface area contributed by atoms with Crippen molar-refractivity contribution in [3.63, 3.8) is 0 Å². The predicted octanol–water partition coefficient (Wildman–Crippen LogP) is 3.71. The van der Waals surface area contributed by atoms with E-state index in [1.807, 2.05) is 24.3 Å². The minimum absolute atomic E-state index is 0. The molecule has 1 aromatic carbocycles. The van der Waals surface area contributed by atoms with Gasteiger partial charge in [0, 0.05) is 31.3 Å². The molecule has 1 atom stereocenters. The van der Waals surface area contributed by atoms with Crippen molar-refractivity contribution in [2.75, 3.05) is 26.3 Å². The molecule has 0 spiro atoms. The van der Waals surface area contributed by atoms with Gasteiger partial charge in [0.2, 0.25) is 0 Å². The lowest BCUT2D eigenvalue weighted by atomic mass is 10.1. The van der Waals surface area contributed by atoms with E-state index < -0.39 is 0 Å². The van der Waals surface area contributed by atoms with Crippen LogP contribution in [0.1, 0.15) is 61.7 Å². The normalized spacial score (nSPS) is 20.5. The highest BCUT2D eigenvalue weighted by molar-refractivity contribution is 5.94. The Morgan fingerprint density at radius 2 is 1.89 bits per heavy atom. The molecule has 1 aliphatic heterocycles. The SMILES string of the molecule is Cl.O=C(NCCNC1CCCCCC1)c1cccc(OCC2CCCO2)c1. The third-order valence-electron chi connectivity index (χ3n) is 5.25. The Hall–Kier alpha value is -1.30. The van der Waals surface area contributed by atoms with Gasteiger partial charge in [0.25, 0.3) is 5.91 Å². The molecule has 1 aromatic rings. The number of amides is 1. The molecule has 2 N–H and O–H groups in total. The fraction of sp³-hybridized carbons (Fsp3) is 0.667. The van der Waals surface area contributed by atoms with Crippen molar-refractivity contribution < 1.29 is 14.3 Å². The highest BCUT2D eigenvalue weighted by Gasteiger charge is 2.16. The summed E-state index contributed by atoms with van der Waals surface area (Å²) in [6.07, 6.45) is 10.2. The topological polar surface area (TPSA) is 59.6 Å². The zero-order valence-electron chi connectivity index (χ0n) is 16.1. The summed E-state index contributed by atoms with van der Waals surface area (Å²) in [7, 11) is 0. The fourth-order valence-electron chi connectivity index (χ4n) is 3.73. The first-order chi connectivity index (χ1) is 12.8. The molecule has 1 saturated heterocycles. The lowest BCUT2D eigenvalue weighted by molar-refractivity contribution is 0.0679. The Kier molecular flexibility index (Phi) is 9.95. The second-order valence-corrected chi connectivity index (χ2v) is 7.37. The molecular formula is C21H33ClN2O3. The lowest BCUT2D eigenvalue weighted by Gasteiger charge is -2.16. The van der Waals surface area contributed by atoms with Crippen LogP contribution in [0.25, 0.3) is 0 Å². The summed E-state index contributed by atoms with van der Waals surface area (Å²) in [5, 5.41) is 6.57. The number of carbonyl (C=O) groups excluding carboxylic acids is 1. The van der Waals surface area contributed by atoms with Gasteiger partial charge in [0.15, 0.2) is 0 Å². The molecule has 1 saturated carbocycles. The molecule has 2 fully saturated rings. The molecule has 2 aliphatic rings. The van der Waals surface area contributed by atoms with Gasteiger partial charge in [-0.05, 0) is 43.9 Å². The second-order valence-electron chi connectivity index (χ2n) is 7.37. The molecule has 6 heteroatoms. The summed E-state index contributed by atoms with van der Waals surface area (Å²) in [6.45, 7) is 2.85. The molecule has 0 bridgehead atoms. The van der Waals surface area contributed by atoms with E-state index >= 15 is 0 Å². The standard InChI is InChI=1S/C21H32N2O3.ClH/c24-21(23-13-12-22-18-8-3-1-2-4-9-18)17-7-5-10-19(15-17)26-16-20-11-6-14-25-20;/h5,7,10,15,18,20,22H,1-4,6,8-9,11-14,16H2,(H,23,24);1H. The number of hydrogen-bond acceptors (Lipinski definition) is 4. The van der Waals surface area contributed by atoms with Crippen LogP contribution in [0.2, 0.25) is 0 Å². The Morgan fingerprint density at radius 1 is 1.07 bits per heavy atom. The van der Waals surface area contributed by atoms with E-state index in [4.69, 9.17) is 9.47 Å². The molecule has 152 valence electrons. The number of hydrogen-bond donors (Lipinski definition) is 2. The summed E-state index contributed by atoms with van der Waals surface area (Å²) in [6, 6.07) is 8.00. The van der Waals surface area contributed by atoms with Crippen LogP contribution < -0.4 is 15.4 Å². The van der Waals surface area contributed by atoms with Crippen LogP contribution in [0.4, 0.5) is 0 Å². The van der Waals surface area contributed by atoms with Crippen LogP contribution in [0.3, 0.4) is 0 Å². The van der Waals surface area contributed by atoms with Crippen molar-refractivity contribution in [2.24, 2.45) is 0 Å². The third kappa shape index (κ3) is 7.68. The minimum atomic E-state index is -0.0461. The van der Waals surface area contributed by atoms with Crippen molar-refractivity contribution in [2.45, 2.75) is 63.5 Å². The van der Waals surface area contributed by atoms with Crippen LogP contribution >= 0.6 is 12.4 Å². The lowest BCUT2D eigenvalue weighted by Crippen LogP contribution is -2.36. The highest BCUT2D eigenvalue weighted by atomic mass is 35.5. The second kappa shape index (κ2) is 12.2. The summed E-state index contributed by atoms with van der Waals surface area (Å²) < 4.78 is 11.3. The fourth-order valence-corrected chi connectivity index (χ4v) is 3.73.